The van der Waals surface area contributed by atoms with Gasteiger partial charge in [0.05, 0.1) is 0 Å². The van der Waals surface area contributed by atoms with Crippen LogP contribution in [0, 0.1) is 0 Å². The monoisotopic (exact) mass is 396 g/mol. The molecule has 168 valence electrons. The predicted molar refractivity (Wildman–Crippen MR) is 125 cm³/mol. The first-order chi connectivity index (χ1) is 13.5. The Bertz CT molecular complexity index is 352. The summed E-state index contributed by atoms with van der Waals surface area (Å²) >= 11 is 0. The summed E-state index contributed by atoms with van der Waals surface area (Å²) < 4.78 is 0. The van der Waals surface area contributed by atoms with Crippen molar-refractivity contribution in [1.29, 1.82) is 0 Å². The maximum Gasteiger partial charge on any atom is 0.220 e. The minimum atomic E-state index is -0.273. The average molecular weight is 397 g/mol. The van der Waals surface area contributed by atoms with Crippen LogP contribution in [-0.2, 0) is 4.79 Å². The molecule has 1 unspecified atom stereocenters. The highest BCUT2D eigenvalue weighted by molar-refractivity contribution is 5.76. The molecule has 0 aromatic heterocycles. The molecule has 1 amide bonds. The van der Waals surface area contributed by atoms with Gasteiger partial charge in [-0.1, -0.05) is 111 Å². The smallest absolute Gasteiger partial charge is 0.220 e. The molecule has 0 spiro atoms. The summed E-state index contributed by atoms with van der Waals surface area (Å²) in [6, 6.07) is 0.0475. The first-order valence-electron chi connectivity index (χ1n) is 12.6. The summed E-state index contributed by atoms with van der Waals surface area (Å²) in [6.07, 6.45) is 22.7. The van der Waals surface area contributed by atoms with E-state index in [2.05, 4.69) is 26.1 Å². The molecule has 3 nitrogen and oxygen atoms in total. The maximum absolute atomic E-state index is 12.1. The van der Waals surface area contributed by atoms with Gasteiger partial charge in [-0.05, 0) is 26.2 Å². The fraction of sp³-hybridized carbons (Fsp3) is 0.960. The van der Waals surface area contributed by atoms with Crippen molar-refractivity contribution in [2.24, 2.45) is 5.73 Å². The summed E-state index contributed by atoms with van der Waals surface area (Å²) in [5.41, 5.74) is 6.09. The topological polar surface area (TPSA) is 55.1 Å². The number of nitrogens with one attached hydrogen (secondary N) is 1. The molecule has 0 aromatic carbocycles. The second-order valence-corrected chi connectivity index (χ2v) is 8.93. The van der Waals surface area contributed by atoms with Crippen molar-refractivity contribution in [1.82, 2.24) is 5.32 Å². The molecule has 0 aliphatic rings. The third kappa shape index (κ3) is 14.4. The van der Waals surface area contributed by atoms with Gasteiger partial charge in [0, 0.05) is 18.0 Å². The van der Waals surface area contributed by atoms with Crippen LogP contribution in [0.4, 0.5) is 0 Å². The Labute approximate surface area is 177 Å². The van der Waals surface area contributed by atoms with Crippen LogP contribution >= 0.6 is 0 Å². The molecule has 0 bridgehead atoms. The quantitative estimate of drug-likeness (QED) is 0.213. The van der Waals surface area contributed by atoms with E-state index in [9.17, 15) is 4.79 Å². The second-order valence-electron chi connectivity index (χ2n) is 8.93. The highest BCUT2D eigenvalue weighted by Crippen LogP contribution is 2.17. The molecule has 3 N–H and O–H groups in total. The van der Waals surface area contributed by atoms with Gasteiger partial charge >= 0.3 is 0 Å². The number of unbranched alkanes of at least 4 members (excludes halogenated alkanes) is 14. The Morgan fingerprint density at radius 2 is 1.07 bits per heavy atom. The van der Waals surface area contributed by atoms with Crippen molar-refractivity contribution in [3.05, 3.63) is 0 Å². The highest BCUT2D eigenvalue weighted by atomic mass is 16.1. The van der Waals surface area contributed by atoms with Crippen LogP contribution in [0.3, 0.4) is 0 Å². The minimum Gasteiger partial charge on any atom is -0.352 e. The molecule has 0 saturated carbocycles. The van der Waals surface area contributed by atoms with E-state index in [0.29, 0.717) is 6.42 Å². The van der Waals surface area contributed by atoms with Gasteiger partial charge in [0.1, 0.15) is 0 Å². The molecule has 0 rings (SSSR count). The third-order valence-electron chi connectivity index (χ3n) is 6.56. The Morgan fingerprint density at radius 1 is 0.714 bits per heavy atom. The Hall–Kier alpha value is -0.570. The van der Waals surface area contributed by atoms with Gasteiger partial charge in [0.25, 0.3) is 0 Å². The fourth-order valence-electron chi connectivity index (χ4n) is 3.98. The van der Waals surface area contributed by atoms with Crippen LogP contribution in [0.15, 0.2) is 0 Å². The minimum absolute atomic E-state index is 0.0475. The van der Waals surface area contributed by atoms with E-state index in [1.165, 1.54) is 89.9 Å². The van der Waals surface area contributed by atoms with Crippen molar-refractivity contribution < 1.29 is 4.79 Å². The summed E-state index contributed by atoms with van der Waals surface area (Å²) in [6.45, 7) is 8.52. The number of nitrogens with two attached hydrogens (primary N) is 1. The van der Waals surface area contributed by atoms with Crippen molar-refractivity contribution in [3.8, 4) is 0 Å². The zero-order valence-electron chi connectivity index (χ0n) is 19.8. The lowest BCUT2D eigenvalue weighted by Crippen LogP contribution is -2.56. The number of rotatable bonds is 20. The van der Waals surface area contributed by atoms with E-state index in [1.54, 1.807) is 0 Å². The van der Waals surface area contributed by atoms with Gasteiger partial charge in [-0.15, -0.1) is 0 Å². The zero-order chi connectivity index (χ0) is 21.1. The Kier molecular flexibility index (Phi) is 18.1. The van der Waals surface area contributed by atoms with Gasteiger partial charge < -0.3 is 11.1 Å². The number of amides is 1. The molecule has 0 fully saturated rings. The third-order valence-corrected chi connectivity index (χ3v) is 6.56. The van der Waals surface area contributed by atoms with Crippen molar-refractivity contribution in [3.63, 3.8) is 0 Å². The van der Waals surface area contributed by atoms with E-state index < -0.39 is 0 Å². The summed E-state index contributed by atoms with van der Waals surface area (Å²) in [5, 5.41) is 3.11. The van der Waals surface area contributed by atoms with Gasteiger partial charge in [0.15, 0.2) is 0 Å². The molecular formula is C25H52N2O. The van der Waals surface area contributed by atoms with Crippen LogP contribution in [-0.4, -0.2) is 17.5 Å². The SMILES string of the molecule is CCCCCCCCCCCCCCCCCC(=O)NC(C)C(N)(CC)CC. The van der Waals surface area contributed by atoms with Gasteiger partial charge in [0.2, 0.25) is 5.91 Å². The maximum atomic E-state index is 12.1. The van der Waals surface area contributed by atoms with E-state index in [-0.39, 0.29) is 17.5 Å². The predicted octanol–water partition coefficient (Wildman–Crippen LogP) is 7.27. The molecule has 0 heterocycles. The molecule has 0 saturated heterocycles. The zero-order valence-corrected chi connectivity index (χ0v) is 19.8. The molecule has 1 atom stereocenters. The van der Waals surface area contributed by atoms with E-state index in [1.807, 2.05) is 6.92 Å². The highest BCUT2D eigenvalue weighted by Gasteiger charge is 2.28. The van der Waals surface area contributed by atoms with E-state index >= 15 is 0 Å². The van der Waals surface area contributed by atoms with Crippen LogP contribution in [0.5, 0.6) is 0 Å². The van der Waals surface area contributed by atoms with Crippen LogP contribution < -0.4 is 11.1 Å². The van der Waals surface area contributed by atoms with Gasteiger partial charge in [-0.2, -0.15) is 0 Å². The van der Waals surface area contributed by atoms with Crippen LogP contribution in [0.2, 0.25) is 0 Å². The first kappa shape index (κ1) is 27.4. The van der Waals surface area contributed by atoms with Gasteiger partial charge in [-0.25, -0.2) is 0 Å². The number of hydrogen-bond acceptors (Lipinski definition) is 2. The number of hydrogen-bond donors (Lipinski definition) is 2. The summed E-state index contributed by atoms with van der Waals surface area (Å²) in [5.74, 6) is 0.166. The first-order valence-corrected chi connectivity index (χ1v) is 12.6. The number of carbonyl (C=O) groups excluding carboxylic acids is 1. The van der Waals surface area contributed by atoms with Crippen LogP contribution in [0.1, 0.15) is 143 Å². The molecule has 0 radical (unpaired) electrons. The fourth-order valence-corrected chi connectivity index (χ4v) is 3.98. The van der Waals surface area contributed by atoms with E-state index in [4.69, 9.17) is 5.73 Å². The molecule has 28 heavy (non-hydrogen) atoms. The summed E-state index contributed by atoms with van der Waals surface area (Å²) in [4.78, 5) is 12.1. The second kappa shape index (κ2) is 18.5. The molecule has 0 aromatic rings. The Balaban J connectivity index is 3.40. The lowest BCUT2D eigenvalue weighted by atomic mass is 9.86. The Morgan fingerprint density at radius 3 is 1.43 bits per heavy atom. The molecular weight excluding hydrogens is 344 g/mol. The summed E-state index contributed by atoms with van der Waals surface area (Å²) in [7, 11) is 0. The molecule has 0 aliphatic heterocycles. The largest absolute Gasteiger partial charge is 0.352 e. The molecule has 0 aliphatic carbocycles. The lowest BCUT2D eigenvalue weighted by Gasteiger charge is -2.34. The van der Waals surface area contributed by atoms with Gasteiger partial charge in [-0.3, -0.25) is 4.79 Å². The standard InChI is InChI=1S/C25H52N2O/c1-5-8-9-10-11-12-13-14-15-16-17-18-19-20-21-22-24(28)27-23(4)25(26,6-2)7-3/h23H,5-22,26H2,1-4H3,(H,27,28). The van der Waals surface area contributed by atoms with Crippen molar-refractivity contribution >= 4 is 5.91 Å². The van der Waals surface area contributed by atoms with Crippen molar-refractivity contribution in [2.45, 2.75) is 155 Å². The molecule has 3 heteroatoms. The lowest BCUT2D eigenvalue weighted by molar-refractivity contribution is -0.122. The average Bonchev–Trinajstić information content (AvgIpc) is 2.70. The van der Waals surface area contributed by atoms with Crippen molar-refractivity contribution in [2.75, 3.05) is 0 Å². The normalized spacial score (nSPS) is 12.9. The van der Waals surface area contributed by atoms with Crippen LogP contribution in [0.25, 0.3) is 0 Å². The van der Waals surface area contributed by atoms with E-state index in [0.717, 1.165) is 19.3 Å². The number of carbonyl (C=O) groups is 1.